The number of benzene rings is 2. The number of anilines is 3. The number of carbonyl (C=O) groups excluding carboxylic acids is 1. The maximum absolute atomic E-state index is 12.6. The van der Waals surface area contributed by atoms with Crippen molar-refractivity contribution < 1.29 is 23.5 Å². The molecular weight excluding hydrogens is 476 g/mol. The van der Waals surface area contributed by atoms with Crippen LogP contribution in [-0.4, -0.2) is 37.4 Å². The van der Waals surface area contributed by atoms with Gasteiger partial charge in [-0.05, 0) is 60.8 Å². The Kier molecular flexibility index (Phi) is 7.20. The van der Waals surface area contributed by atoms with Crippen LogP contribution in [0, 0.1) is 5.92 Å². The van der Waals surface area contributed by atoms with Gasteiger partial charge in [-0.3, -0.25) is 14.9 Å². The Labute approximate surface area is 212 Å². The van der Waals surface area contributed by atoms with E-state index in [0.717, 1.165) is 31.2 Å². The van der Waals surface area contributed by atoms with Gasteiger partial charge in [0.25, 0.3) is 0 Å². The van der Waals surface area contributed by atoms with Gasteiger partial charge in [-0.1, -0.05) is 52.7 Å². The van der Waals surface area contributed by atoms with Crippen molar-refractivity contribution in [1.29, 1.82) is 0 Å². The Morgan fingerprint density at radius 2 is 1.57 bits per heavy atom. The molecule has 0 saturated heterocycles. The summed E-state index contributed by atoms with van der Waals surface area (Å²) in [7, 11) is 0. The molecular formula is C26H26N6O5. The van der Waals surface area contributed by atoms with E-state index in [4.69, 9.17) is 13.9 Å². The number of nitrogens with one attached hydrogen (secondary N) is 2. The lowest BCUT2D eigenvalue weighted by Gasteiger charge is -2.28. The predicted octanol–water partition coefficient (Wildman–Crippen LogP) is 4.79. The van der Waals surface area contributed by atoms with Crippen LogP contribution in [0.1, 0.15) is 65.7 Å². The minimum absolute atomic E-state index is 0.0473. The fourth-order valence-electron chi connectivity index (χ4n) is 4.57. The molecule has 190 valence electrons. The number of hydrogen-bond acceptors (Lipinski definition) is 9. The second-order valence-electron chi connectivity index (χ2n) is 9.09. The molecule has 0 aliphatic heterocycles. The fraction of sp³-hybridized carbons (Fsp3) is 0.308. The van der Waals surface area contributed by atoms with Gasteiger partial charge in [-0.2, -0.15) is 0 Å². The van der Waals surface area contributed by atoms with E-state index < -0.39 is 11.9 Å². The summed E-state index contributed by atoms with van der Waals surface area (Å²) in [6.07, 6.45) is 4.50. The maximum atomic E-state index is 12.6. The van der Waals surface area contributed by atoms with Crippen LogP contribution >= 0.6 is 0 Å². The van der Waals surface area contributed by atoms with E-state index in [1.54, 1.807) is 0 Å². The first-order valence-corrected chi connectivity index (χ1v) is 12.1. The van der Waals surface area contributed by atoms with Gasteiger partial charge in [0.1, 0.15) is 0 Å². The molecule has 4 aromatic rings. The van der Waals surface area contributed by atoms with E-state index in [1.165, 1.54) is 5.56 Å². The smallest absolute Gasteiger partial charge is 0.324 e. The average Bonchev–Trinajstić information content (AvgIpc) is 3.55. The SMILES string of the molecule is O=C(O)C[C@H]1CC[C@H](c2ccc(NC(=O)c3nnc(Nc4nnc(Cc5ccccc5)o4)o3)cc2)CC1. The Morgan fingerprint density at radius 1 is 0.865 bits per heavy atom. The van der Waals surface area contributed by atoms with Crippen molar-refractivity contribution in [2.75, 3.05) is 10.6 Å². The summed E-state index contributed by atoms with van der Waals surface area (Å²) in [4.78, 5) is 23.5. The van der Waals surface area contributed by atoms with E-state index in [9.17, 15) is 9.59 Å². The molecule has 0 unspecified atom stereocenters. The molecule has 1 fully saturated rings. The highest BCUT2D eigenvalue weighted by Gasteiger charge is 2.24. The highest BCUT2D eigenvalue weighted by atomic mass is 16.4. The first-order chi connectivity index (χ1) is 18.0. The lowest BCUT2D eigenvalue weighted by molar-refractivity contribution is -0.138. The molecule has 11 nitrogen and oxygen atoms in total. The predicted molar refractivity (Wildman–Crippen MR) is 132 cm³/mol. The number of amides is 1. The van der Waals surface area contributed by atoms with Crippen LogP contribution in [0.15, 0.2) is 63.4 Å². The second kappa shape index (κ2) is 11.0. The van der Waals surface area contributed by atoms with Crippen LogP contribution < -0.4 is 10.6 Å². The van der Waals surface area contributed by atoms with E-state index in [-0.39, 0.29) is 30.3 Å². The van der Waals surface area contributed by atoms with Gasteiger partial charge in [-0.15, -0.1) is 10.2 Å². The monoisotopic (exact) mass is 502 g/mol. The van der Waals surface area contributed by atoms with Crippen molar-refractivity contribution in [3.8, 4) is 0 Å². The summed E-state index contributed by atoms with van der Waals surface area (Å²) in [5, 5.41) is 29.9. The van der Waals surface area contributed by atoms with Gasteiger partial charge in [-0.25, -0.2) is 0 Å². The number of hydrogen-bond donors (Lipinski definition) is 3. The first-order valence-electron chi connectivity index (χ1n) is 12.1. The van der Waals surface area contributed by atoms with Gasteiger partial charge in [0.15, 0.2) is 0 Å². The summed E-state index contributed by atoms with van der Waals surface area (Å²) < 4.78 is 10.9. The molecule has 3 N–H and O–H groups in total. The highest BCUT2D eigenvalue weighted by molar-refractivity contribution is 6.00. The Bertz CT molecular complexity index is 1340. The van der Waals surface area contributed by atoms with Crippen LogP contribution in [0.3, 0.4) is 0 Å². The van der Waals surface area contributed by atoms with Crippen molar-refractivity contribution in [1.82, 2.24) is 20.4 Å². The molecule has 1 aliphatic rings. The number of rotatable bonds is 9. The molecule has 5 rings (SSSR count). The van der Waals surface area contributed by atoms with Gasteiger partial charge in [0.05, 0.1) is 6.42 Å². The van der Waals surface area contributed by atoms with Crippen LogP contribution in [0.5, 0.6) is 0 Å². The molecule has 0 atom stereocenters. The summed E-state index contributed by atoms with van der Waals surface area (Å²) in [5.41, 5.74) is 2.82. The third-order valence-electron chi connectivity index (χ3n) is 6.45. The zero-order chi connectivity index (χ0) is 25.6. The summed E-state index contributed by atoms with van der Waals surface area (Å²) in [5.74, 6) is -0.405. The standard InChI is InChI=1S/C26H26N6O5/c33-22(34)15-17-6-8-18(9-7-17)19-10-12-20(13-11-19)27-23(35)24-30-32-26(37-24)28-25-31-29-21(36-25)14-16-4-2-1-3-5-16/h1-5,10-13,17-18H,6-9,14-15H2,(H,27,35)(H,33,34)(H,28,31,32)/t17-,18-. The number of carboxylic acid groups (broad SMARTS) is 1. The molecule has 2 heterocycles. The molecule has 2 aromatic carbocycles. The van der Waals surface area contributed by atoms with Gasteiger partial charge in [0.2, 0.25) is 5.89 Å². The van der Waals surface area contributed by atoms with Crippen LogP contribution in [0.25, 0.3) is 0 Å². The number of nitrogens with zero attached hydrogens (tertiary/aromatic N) is 4. The van der Waals surface area contributed by atoms with Gasteiger partial charge >= 0.3 is 29.8 Å². The number of carbonyl (C=O) groups is 2. The normalized spacial score (nSPS) is 17.3. The van der Waals surface area contributed by atoms with Crippen LogP contribution in [0.2, 0.25) is 0 Å². The van der Waals surface area contributed by atoms with Crippen LogP contribution in [0.4, 0.5) is 17.7 Å². The van der Waals surface area contributed by atoms with Gasteiger partial charge < -0.3 is 19.3 Å². The molecule has 2 aromatic heterocycles. The van der Waals surface area contributed by atoms with E-state index in [1.807, 2.05) is 54.6 Å². The Hall–Kier alpha value is -4.54. The first kappa shape index (κ1) is 24.2. The molecule has 1 amide bonds. The average molecular weight is 503 g/mol. The summed E-state index contributed by atoms with van der Waals surface area (Å²) in [6, 6.07) is 17.4. The number of aromatic nitrogens is 4. The Balaban J connectivity index is 1.13. The molecule has 1 saturated carbocycles. The fourth-order valence-corrected chi connectivity index (χ4v) is 4.57. The minimum atomic E-state index is -0.727. The third-order valence-corrected chi connectivity index (χ3v) is 6.45. The molecule has 11 heteroatoms. The van der Waals surface area contributed by atoms with Crippen molar-refractivity contribution in [3.05, 3.63) is 77.5 Å². The van der Waals surface area contributed by atoms with E-state index in [0.29, 0.717) is 23.9 Å². The number of aliphatic carboxylic acids is 1. The second-order valence-corrected chi connectivity index (χ2v) is 9.09. The summed E-state index contributed by atoms with van der Waals surface area (Å²) in [6.45, 7) is 0. The molecule has 37 heavy (non-hydrogen) atoms. The molecule has 0 radical (unpaired) electrons. The van der Waals surface area contributed by atoms with E-state index in [2.05, 4.69) is 31.0 Å². The largest absolute Gasteiger partial charge is 0.481 e. The molecule has 0 bridgehead atoms. The highest BCUT2D eigenvalue weighted by Crippen LogP contribution is 2.37. The lowest BCUT2D eigenvalue weighted by Crippen LogP contribution is -2.16. The zero-order valence-corrected chi connectivity index (χ0v) is 20.0. The quantitative estimate of drug-likeness (QED) is 0.291. The van der Waals surface area contributed by atoms with Crippen molar-refractivity contribution >= 4 is 29.6 Å². The third kappa shape index (κ3) is 6.37. The van der Waals surface area contributed by atoms with Crippen LogP contribution in [-0.2, 0) is 11.2 Å². The Morgan fingerprint density at radius 3 is 2.30 bits per heavy atom. The molecule has 0 spiro atoms. The van der Waals surface area contributed by atoms with Crippen molar-refractivity contribution in [2.24, 2.45) is 5.92 Å². The van der Waals surface area contributed by atoms with E-state index >= 15 is 0 Å². The maximum Gasteiger partial charge on any atom is 0.324 e. The molecule has 1 aliphatic carbocycles. The zero-order valence-electron chi connectivity index (χ0n) is 20.0. The van der Waals surface area contributed by atoms with Gasteiger partial charge in [0, 0.05) is 12.1 Å². The minimum Gasteiger partial charge on any atom is -0.481 e. The number of carboxylic acids is 1. The summed E-state index contributed by atoms with van der Waals surface area (Å²) >= 11 is 0. The lowest BCUT2D eigenvalue weighted by atomic mass is 9.77. The van der Waals surface area contributed by atoms with Crippen molar-refractivity contribution in [2.45, 2.75) is 44.4 Å². The van der Waals surface area contributed by atoms with Crippen molar-refractivity contribution in [3.63, 3.8) is 0 Å². The topological polar surface area (TPSA) is 156 Å².